The maximum absolute atomic E-state index is 12.7. The number of hydrogen-bond acceptors (Lipinski definition) is 6. The molecule has 0 bridgehead atoms. The highest BCUT2D eigenvalue weighted by molar-refractivity contribution is 5.91. The molecule has 3 aromatic carbocycles. The average molecular weight is 639 g/mol. The van der Waals surface area contributed by atoms with E-state index in [-0.39, 0.29) is 11.9 Å². The van der Waals surface area contributed by atoms with Crippen LogP contribution in [-0.4, -0.2) is 17.9 Å². The number of rotatable bonds is 23. The highest BCUT2D eigenvalue weighted by Crippen LogP contribution is 2.26. The van der Waals surface area contributed by atoms with E-state index in [9.17, 15) is 14.4 Å². The van der Waals surface area contributed by atoms with Gasteiger partial charge in [-0.2, -0.15) is 0 Å². The summed E-state index contributed by atoms with van der Waals surface area (Å²) in [5.41, 5.74) is 2.24. The molecule has 0 aliphatic heterocycles. The zero-order chi connectivity index (χ0) is 33.5. The Morgan fingerprint density at radius 1 is 0.447 bits per heavy atom. The van der Waals surface area contributed by atoms with Crippen molar-refractivity contribution in [3.8, 4) is 28.4 Å². The fourth-order valence-corrected chi connectivity index (χ4v) is 5.15. The molecule has 0 aliphatic rings. The molecule has 250 valence electrons. The number of hydrogen-bond donors (Lipinski definition) is 0. The third kappa shape index (κ3) is 15.1. The molecular formula is C41H50O6. The van der Waals surface area contributed by atoms with E-state index >= 15 is 0 Å². The lowest BCUT2D eigenvalue weighted by molar-refractivity contribution is -0.135. The van der Waals surface area contributed by atoms with Gasteiger partial charge in [0.05, 0.1) is 5.56 Å². The second-order valence-electron chi connectivity index (χ2n) is 11.8. The quantitative estimate of drug-likeness (QED) is 0.0445. The van der Waals surface area contributed by atoms with E-state index in [1.807, 2.05) is 36.4 Å². The van der Waals surface area contributed by atoms with Gasteiger partial charge in [0, 0.05) is 12.8 Å². The van der Waals surface area contributed by atoms with Gasteiger partial charge in [-0.15, -0.1) is 13.2 Å². The molecule has 0 aromatic heterocycles. The topological polar surface area (TPSA) is 78.9 Å². The maximum atomic E-state index is 12.7. The van der Waals surface area contributed by atoms with Crippen molar-refractivity contribution in [2.45, 2.75) is 103 Å². The summed E-state index contributed by atoms with van der Waals surface area (Å²) < 4.78 is 16.5. The third-order valence-electron chi connectivity index (χ3n) is 7.88. The van der Waals surface area contributed by atoms with Crippen molar-refractivity contribution in [3.05, 3.63) is 104 Å². The van der Waals surface area contributed by atoms with Crippen LogP contribution in [0.2, 0.25) is 0 Å². The fraction of sp³-hybridized carbons (Fsp3) is 0.390. The third-order valence-corrected chi connectivity index (χ3v) is 7.88. The van der Waals surface area contributed by atoms with E-state index in [2.05, 4.69) is 13.2 Å². The van der Waals surface area contributed by atoms with Crippen molar-refractivity contribution in [1.29, 1.82) is 0 Å². The van der Waals surface area contributed by atoms with Crippen molar-refractivity contribution in [3.63, 3.8) is 0 Å². The van der Waals surface area contributed by atoms with Crippen molar-refractivity contribution in [2.24, 2.45) is 0 Å². The van der Waals surface area contributed by atoms with E-state index in [0.29, 0.717) is 35.7 Å². The summed E-state index contributed by atoms with van der Waals surface area (Å²) in [6.45, 7) is 7.48. The van der Waals surface area contributed by atoms with Crippen LogP contribution in [0.25, 0.3) is 11.1 Å². The number of carbonyl (C=O) groups excluding carboxylic acids is 3. The van der Waals surface area contributed by atoms with Crippen LogP contribution >= 0.6 is 0 Å². The first-order valence-electron chi connectivity index (χ1n) is 17.1. The van der Waals surface area contributed by atoms with Crippen LogP contribution in [0.15, 0.2) is 98.1 Å². The van der Waals surface area contributed by atoms with Gasteiger partial charge in [-0.3, -0.25) is 9.59 Å². The van der Waals surface area contributed by atoms with Crippen LogP contribution in [0.3, 0.4) is 0 Å². The molecule has 0 spiro atoms. The molecule has 0 aliphatic carbocycles. The molecule has 0 saturated heterocycles. The molecule has 0 unspecified atom stereocenters. The standard InChI is InChI=1S/C41H50O6/c1-3-5-7-9-11-13-15-17-19-39(42)45-36-27-21-33(22-28-36)34-23-29-38(30-24-34)47-41(44)35-25-31-37(32-26-35)46-40(43)20-18-16-14-12-10-8-6-4-2/h3-4,21-32H,1-2,5-20H2. The predicted octanol–water partition coefficient (Wildman–Crippen LogP) is 11.0. The second kappa shape index (κ2) is 22.1. The van der Waals surface area contributed by atoms with Crippen molar-refractivity contribution in [2.75, 3.05) is 0 Å². The van der Waals surface area contributed by atoms with Crippen LogP contribution in [0, 0.1) is 0 Å². The smallest absolute Gasteiger partial charge is 0.343 e. The van der Waals surface area contributed by atoms with Crippen molar-refractivity contribution in [1.82, 2.24) is 0 Å². The molecule has 0 heterocycles. The minimum atomic E-state index is -0.501. The monoisotopic (exact) mass is 638 g/mol. The van der Waals surface area contributed by atoms with Crippen LogP contribution in [-0.2, 0) is 9.59 Å². The van der Waals surface area contributed by atoms with Gasteiger partial charge < -0.3 is 14.2 Å². The summed E-state index contributed by atoms with van der Waals surface area (Å²) in [6, 6.07) is 21.0. The zero-order valence-corrected chi connectivity index (χ0v) is 27.8. The first-order valence-corrected chi connectivity index (χ1v) is 17.1. The lowest BCUT2D eigenvalue weighted by atomic mass is 10.1. The second-order valence-corrected chi connectivity index (χ2v) is 11.8. The van der Waals surface area contributed by atoms with Gasteiger partial charge in [0.15, 0.2) is 0 Å². The molecule has 0 fully saturated rings. The van der Waals surface area contributed by atoms with Crippen LogP contribution in [0.1, 0.15) is 113 Å². The highest BCUT2D eigenvalue weighted by atomic mass is 16.5. The number of carbonyl (C=O) groups is 3. The van der Waals surface area contributed by atoms with Crippen molar-refractivity contribution < 1.29 is 28.6 Å². The first-order chi connectivity index (χ1) is 23.0. The summed E-state index contributed by atoms with van der Waals surface area (Å²) in [6.07, 6.45) is 19.9. The van der Waals surface area contributed by atoms with Gasteiger partial charge in [0.2, 0.25) is 0 Å². The Hall–Kier alpha value is -4.45. The molecular weight excluding hydrogens is 588 g/mol. The maximum Gasteiger partial charge on any atom is 0.343 e. The number of ether oxygens (including phenoxy) is 3. The Bertz CT molecular complexity index is 1370. The van der Waals surface area contributed by atoms with E-state index < -0.39 is 5.97 Å². The SMILES string of the molecule is C=CCCCCCCCCC(=O)Oc1ccc(C(=O)Oc2ccc(-c3ccc(OC(=O)CCCCCCCCC=C)cc3)cc2)cc1. The summed E-state index contributed by atoms with van der Waals surface area (Å²) in [7, 11) is 0. The number of unbranched alkanes of at least 4 members (excludes halogenated alkanes) is 12. The average Bonchev–Trinajstić information content (AvgIpc) is 3.08. The molecule has 3 aromatic rings. The molecule has 0 saturated carbocycles. The molecule has 6 heteroatoms. The Morgan fingerprint density at radius 3 is 1.19 bits per heavy atom. The first kappa shape index (κ1) is 37.0. The molecule has 6 nitrogen and oxygen atoms in total. The van der Waals surface area contributed by atoms with Gasteiger partial charge >= 0.3 is 17.9 Å². The summed E-state index contributed by atoms with van der Waals surface area (Å²) >= 11 is 0. The molecule has 3 rings (SSSR count). The number of allylic oxidation sites excluding steroid dienone is 2. The van der Waals surface area contributed by atoms with E-state index in [0.717, 1.165) is 62.5 Å². The molecule has 0 atom stereocenters. The number of benzene rings is 3. The van der Waals surface area contributed by atoms with Gasteiger partial charge in [-0.25, -0.2) is 4.79 Å². The van der Waals surface area contributed by atoms with Crippen molar-refractivity contribution >= 4 is 17.9 Å². The Balaban J connectivity index is 1.36. The Labute approximate surface area is 280 Å². The molecule has 0 amide bonds. The largest absolute Gasteiger partial charge is 0.427 e. The summed E-state index contributed by atoms with van der Waals surface area (Å²) in [4.78, 5) is 37.1. The van der Waals surface area contributed by atoms with Crippen LogP contribution in [0.5, 0.6) is 17.2 Å². The Morgan fingerprint density at radius 2 is 0.787 bits per heavy atom. The summed E-state index contributed by atoms with van der Waals surface area (Å²) in [5, 5.41) is 0. The van der Waals surface area contributed by atoms with Gasteiger partial charge in [-0.1, -0.05) is 87.8 Å². The lowest BCUT2D eigenvalue weighted by Crippen LogP contribution is -2.10. The Kier molecular flexibility index (Phi) is 17.4. The molecule has 0 radical (unpaired) electrons. The van der Waals surface area contributed by atoms with Gasteiger partial charge in [0.25, 0.3) is 0 Å². The van der Waals surface area contributed by atoms with E-state index in [1.165, 1.54) is 38.5 Å². The predicted molar refractivity (Wildman–Crippen MR) is 189 cm³/mol. The highest BCUT2D eigenvalue weighted by Gasteiger charge is 2.11. The van der Waals surface area contributed by atoms with Crippen LogP contribution in [0.4, 0.5) is 0 Å². The minimum Gasteiger partial charge on any atom is -0.427 e. The number of esters is 3. The normalized spacial score (nSPS) is 10.6. The van der Waals surface area contributed by atoms with Crippen LogP contribution < -0.4 is 14.2 Å². The molecule has 0 N–H and O–H groups in total. The van der Waals surface area contributed by atoms with E-state index in [4.69, 9.17) is 14.2 Å². The van der Waals surface area contributed by atoms with Gasteiger partial charge in [-0.05, 0) is 98.2 Å². The van der Waals surface area contributed by atoms with E-state index in [1.54, 1.807) is 48.5 Å². The fourth-order valence-electron chi connectivity index (χ4n) is 5.15. The summed E-state index contributed by atoms with van der Waals surface area (Å²) in [5.74, 6) is 0.362. The molecule has 47 heavy (non-hydrogen) atoms. The van der Waals surface area contributed by atoms with Gasteiger partial charge in [0.1, 0.15) is 17.2 Å². The zero-order valence-electron chi connectivity index (χ0n) is 27.8. The lowest BCUT2D eigenvalue weighted by Gasteiger charge is -2.08. The minimum absolute atomic E-state index is 0.210.